The van der Waals surface area contributed by atoms with Gasteiger partial charge < -0.3 is 15.1 Å². The third-order valence-electron chi connectivity index (χ3n) is 6.86. The summed E-state index contributed by atoms with van der Waals surface area (Å²) < 4.78 is 0. The molecule has 7 nitrogen and oxygen atoms in total. The number of hydrogen-bond acceptors (Lipinski definition) is 5. The molecule has 4 heterocycles. The van der Waals surface area contributed by atoms with Crippen LogP contribution in [0.25, 0.3) is 0 Å². The third-order valence-corrected chi connectivity index (χ3v) is 6.86. The number of fused-ring (bicyclic) bond motifs is 1. The molecule has 4 aliphatic rings. The Kier molecular flexibility index (Phi) is 4.34. The average Bonchev–Trinajstić information content (AvgIpc) is 3.00. The number of hydrogen-bond donors (Lipinski definition) is 2. The molecule has 4 aliphatic heterocycles. The van der Waals surface area contributed by atoms with Crippen molar-refractivity contribution >= 4 is 23.4 Å². The normalized spacial score (nSPS) is 28.2. The summed E-state index contributed by atoms with van der Waals surface area (Å²) in [6.45, 7) is 3.65. The molecular weight excluding hydrogens is 356 g/mol. The topological polar surface area (TPSA) is 81.8 Å². The lowest BCUT2D eigenvalue weighted by atomic mass is 9.82. The fourth-order valence-electron chi connectivity index (χ4n) is 5.26. The minimum Gasteiger partial charge on any atom is -0.368 e. The van der Waals surface area contributed by atoms with E-state index in [2.05, 4.69) is 21.6 Å². The zero-order chi connectivity index (χ0) is 19.3. The van der Waals surface area contributed by atoms with E-state index >= 15 is 0 Å². The molecule has 0 radical (unpaired) electrons. The number of nitrogens with zero attached hydrogens (tertiary/aromatic N) is 2. The highest BCUT2D eigenvalue weighted by Gasteiger charge is 2.42. The van der Waals surface area contributed by atoms with Gasteiger partial charge in [0.1, 0.15) is 6.04 Å². The number of anilines is 1. The molecule has 0 bridgehead atoms. The van der Waals surface area contributed by atoms with Crippen LogP contribution in [0, 0.1) is 5.92 Å². The molecule has 3 amide bonds. The van der Waals surface area contributed by atoms with Gasteiger partial charge in [-0.25, -0.2) is 0 Å². The molecule has 28 heavy (non-hydrogen) atoms. The van der Waals surface area contributed by atoms with Gasteiger partial charge in [-0.1, -0.05) is 6.07 Å². The van der Waals surface area contributed by atoms with Gasteiger partial charge in [-0.05, 0) is 56.8 Å². The fraction of sp³-hybridized carbons (Fsp3) is 0.571. The van der Waals surface area contributed by atoms with E-state index in [0.717, 1.165) is 30.9 Å². The minimum absolute atomic E-state index is 0.0923. The molecule has 0 aliphatic carbocycles. The summed E-state index contributed by atoms with van der Waals surface area (Å²) in [7, 11) is 0. The molecule has 1 aromatic carbocycles. The van der Waals surface area contributed by atoms with Crippen LogP contribution in [0.2, 0.25) is 0 Å². The summed E-state index contributed by atoms with van der Waals surface area (Å²) in [5.41, 5.74) is 2.89. The number of piperidine rings is 2. The van der Waals surface area contributed by atoms with Crippen LogP contribution in [-0.4, -0.2) is 54.3 Å². The van der Waals surface area contributed by atoms with Crippen molar-refractivity contribution in [2.24, 2.45) is 5.92 Å². The smallest absolute Gasteiger partial charge is 0.255 e. The van der Waals surface area contributed by atoms with E-state index in [0.29, 0.717) is 30.5 Å². The summed E-state index contributed by atoms with van der Waals surface area (Å²) in [4.78, 5) is 40.9. The monoisotopic (exact) mass is 382 g/mol. The Morgan fingerprint density at radius 3 is 2.50 bits per heavy atom. The Morgan fingerprint density at radius 1 is 0.964 bits per heavy atom. The van der Waals surface area contributed by atoms with Gasteiger partial charge in [0.05, 0.1) is 0 Å². The molecule has 1 aromatic rings. The fourth-order valence-corrected chi connectivity index (χ4v) is 5.26. The molecule has 0 saturated carbocycles. The number of imide groups is 1. The Labute approximate surface area is 164 Å². The summed E-state index contributed by atoms with van der Waals surface area (Å²) in [6, 6.07) is 5.94. The van der Waals surface area contributed by atoms with Crippen molar-refractivity contribution in [1.82, 2.24) is 15.5 Å². The summed E-state index contributed by atoms with van der Waals surface area (Å²) in [6.07, 6.45) is 4.31. The lowest BCUT2D eigenvalue weighted by Crippen LogP contribution is -2.54. The van der Waals surface area contributed by atoms with Crippen LogP contribution in [0.15, 0.2) is 18.2 Å². The largest absolute Gasteiger partial charge is 0.368 e. The predicted octanol–water partition coefficient (Wildman–Crippen LogP) is 1.03. The summed E-state index contributed by atoms with van der Waals surface area (Å²) in [5.74, 6) is 0.00599. The highest BCUT2D eigenvalue weighted by molar-refractivity contribution is 6.06. The van der Waals surface area contributed by atoms with Gasteiger partial charge in [-0.15, -0.1) is 0 Å². The Hall–Kier alpha value is -2.41. The number of amides is 3. The molecule has 5 rings (SSSR count). The maximum Gasteiger partial charge on any atom is 0.255 e. The van der Waals surface area contributed by atoms with Gasteiger partial charge in [0.25, 0.3) is 5.91 Å². The molecule has 2 atom stereocenters. The third kappa shape index (κ3) is 2.80. The first-order valence-electron chi connectivity index (χ1n) is 10.4. The van der Waals surface area contributed by atoms with E-state index in [-0.39, 0.29) is 24.1 Å². The van der Waals surface area contributed by atoms with Crippen molar-refractivity contribution in [2.75, 3.05) is 24.5 Å². The maximum absolute atomic E-state index is 13.0. The SMILES string of the molecule is O=C1CC[C@H](N2Cc3c(cccc3N3CC[C@@H]3C3CCNCC3)C2=O)C(=O)N1. The molecule has 3 saturated heterocycles. The minimum atomic E-state index is -0.554. The highest BCUT2D eigenvalue weighted by atomic mass is 16.2. The first-order valence-corrected chi connectivity index (χ1v) is 10.4. The number of nitrogens with one attached hydrogen (secondary N) is 2. The number of rotatable bonds is 3. The van der Waals surface area contributed by atoms with Crippen molar-refractivity contribution < 1.29 is 14.4 Å². The summed E-state index contributed by atoms with van der Waals surface area (Å²) in [5, 5.41) is 5.81. The van der Waals surface area contributed by atoms with Gasteiger partial charge in [-0.2, -0.15) is 0 Å². The molecule has 148 valence electrons. The Bertz CT molecular complexity index is 833. The first kappa shape index (κ1) is 17.7. The molecule has 3 fully saturated rings. The van der Waals surface area contributed by atoms with Gasteiger partial charge in [-0.3, -0.25) is 19.7 Å². The lowest BCUT2D eigenvalue weighted by molar-refractivity contribution is -0.136. The highest BCUT2D eigenvalue weighted by Crippen LogP contribution is 2.40. The van der Waals surface area contributed by atoms with E-state index in [1.807, 2.05) is 12.1 Å². The van der Waals surface area contributed by atoms with Crippen molar-refractivity contribution in [3.63, 3.8) is 0 Å². The quantitative estimate of drug-likeness (QED) is 0.763. The summed E-state index contributed by atoms with van der Waals surface area (Å²) >= 11 is 0. The van der Waals surface area contributed by atoms with E-state index in [1.54, 1.807) is 4.90 Å². The standard InChI is InChI=1S/C21H26N4O3/c26-19-5-4-18(20(27)23-19)25-12-15-14(21(25)28)2-1-3-17(15)24-11-8-16(24)13-6-9-22-10-7-13/h1-3,13,16,18,22H,4-12H2,(H,23,26,27)/t16-,18+/m1/s1. The maximum atomic E-state index is 13.0. The predicted molar refractivity (Wildman–Crippen MR) is 104 cm³/mol. The van der Waals surface area contributed by atoms with Crippen LogP contribution in [0.3, 0.4) is 0 Å². The van der Waals surface area contributed by atoms with Crippen LogP contribution in [0.5, 0.6) is 0 Å². The van der Waals surface area contributed by atoms with Crippen molar-refractivity contribution in [3.05, 3.63) is 29.3 Å². The van der Waals surface area contributed by atoms with E-state index in [4.69, 9.17) is 0 Å². The number of benzene rings is 1. The van der Waals surface area contributed by atoms with Gasteiger partial charge >= 0.3 is 0 Å². The average molecular weight is 382 g/mol. The molecule has 7 heteroatoms. The molecule has 0 unspecified atom stereocenters. The van der Waals surface area contributed by atoms with Crippen molar-refractivity contribution in [2.45, 2.75) is 50.7 Å². The first-order chi connectivity index (χ1) is 13.6. The molecule has 0 aromatic heterocycles. The number of carbonyl (C=O) groups excluding carboxylic acids is 3. The molecule has 0 spiro atoms. The van der Waals surface area contributed by atoms with Crippen LogP contribution >= 0.6 is 0 Å². The van der Waals surface area contributed by atoms with E-state index < -0.39 is 6.04 Å². The van der Waals surface area contributed by atoms with Gasteiger partial charge in [0, 0.05) is 42.4 Å². The zero-order valence-corrected chi connectivity index (χ0v) is 15.9. The second-order valence-electron chi connectivity index (χ2n) is 8.34. The van der Waals surface area contributed by atoms with Crippen molar-refractivity contribution in [3.8, 4) is 0 Å². The van der Waals surface area contributed by atoms with Gasteiger partial charge in [0.15, 0.2) is 0 Å². The van der Waals surface area contributed by atoms with Crippen molar-refractivity contribution in [1.29, 1.82) is 0 Å². The van der Waals surface area contributed by atoms with E-state index in [1.165, 1.54) is 19.3 Å². The zero-order valence-electron chi connectivity index (χ0n) is 15.9. The molecular formula is C21H26N4O3. The van der Waals surface area contributed by atoms with E-state index in [9.17, 15) is 14.4 Å². The van der Waals surface area contributed by atoms with Gasteiger partial charge in [0.2, 0.25) is 11.8 Å². The number of carbonyl (C=O) groups is 3. The lowest BCUT2D eigenvalue weighted by Gasteiger charge is -2.49. The van der Waals surface area contributed by atoms with Crippen LogP contribution in [0.1, 0.15) is 48.0 Å². The van der Waals surface area contributed by atoms with Crippen LogP contribution in [-0.2, 0) is 16.1 Å². The second kappa shape index (κ2) is 6.88. The second-order valence-corrected chi connectivity index (χ2v) is 8.34. The van der Waals surface area contributed by atoms with Crippen LogP contribution < -0.4 is 15.5 Å². The Morgan fingerprint density at radius 2 is 1.79 bits per heavy atom. The Balaban J connectivity index is 1.39. The van der Waals surface area contributed by atoms with Crippen LogP contribution in [0.4, 0.5) is 5.69 Å². The molecule has 2 N–H and O–H groups in total.